The third-order valence-corrected chi connectivity index (χ3v) is 3.29. The van der Waals surface area contributed by atoms with Gasteiger partial charge in [-0.25, -0.2) is 0 Å². The fraction of sp³-hybridized carbons (Fsp3) is 0.250. The van der Waals surface area contributed by atoms with Crippen LogP contribution in [0.4, 0.5) is 11.4 Å². The molecule has 0 radical (unpaired) electrons. The monoisotopic (exact) mass is 301 g/mol. The van der Waals surface area contributed by atoms with Gasteiger partial charge in [-0.1, -0.05) is 30.3 Å². The number of hydrogen-bond donors (Lipinski definition) is 3. The van der Waals surface area contributed by atoms with E-state index in [0.29, 0.717) is 19.6 Å². The maximum atomic E-state index is 10.7. The van der Waals surface area contributed by atoms with Crippen LogP contribution in [-0.2, 0) is 13.2 Å². The van der Waals surface area contributed by atoms with E-state index in [1.807, 2.05) is 24.3 Å². The van der Waals surface area contributed by atoms with Crippen LogP contribution in [0.15, 0.2) is 48.5 Å². The van der Waals surface area contributed by atoms with Gasteiger partial charge in [-0.05, 0) is 17.2 Å². The maximum absolute atomic E-state index is 10.7. The first kappa shape index (κ1) is 15.9. The Bertz CT molecular complexity index is 632. The van der Waals surface area contributed by atoms with Crippen LogP contribution in [0, 0.1) is 10.1 Å². The molecule has 2 aromatic carbocycles. The second-order valence-corrected chi connectivity index (χ2v) is 4.84. The predicted octanol–water partition coefficient (Wildman–Crippen LogP) is 2.29. The van der Waals surface area contributed by atoms with Gasteiger partial charge in [-0.3, -0.25) is 10.1 Å². The summed E-state index contributed by atoms with van der Waals surface area (Å²) in [6.07, 6.45) is 0. The van der Waals surface area contributed by atoms with Gasteiger partial charge in [0.1, 0.15) is 0 Å². The van der Waals surface area contributed by atoms with Gasteiger partial charge in [0.15, 0.2) is 0 Å². The minimum atomic E-state index is -0.407. The van der Waals surface area contributed by atoms with Gasteiger partial charge in [-0.15, -0.1) is 0 Å². The Hall–Kier alpha value is -2.44. The summed E-state index contributed by atoms with van der Waals surface area (Å²) in [5.41, 5.74) is 2.79. The first-order valence-electron chi connectivity index (χ1n) is 7.07. The average molecular weight is 301 g/mol. The molecule has 0 heterocycles. The molecule has 0 amide bonds. The van der Waals surface area contributed by atoms with Crippen molar-refractivity contribution in [3.05, 3.63) is 69.8 Å². The molecule has 0 bridgehead atoms. The molecular formula is C16H19N3O3. The molecule has 0 aliphatic heterocycles. The average Bonchev–Trinajstić information content (AvgIpc) is 2.55. The van der Waals surface area contributed by atoms with Crippen molar-refractivity contribution >= 4 is 11.4 Å². The van der Waals surface area contributed by atoms with Crippen molar-refractivity contribution in [2.45, 2.75) is 13.2 Å². The molecule has 6 nitrogen and oxygen atoms in total. The quantitative estimate of drug-likeness (QED) is 0.395. The number of rotatable bonds is 8. The van der Waals surface area contributed by atoms with Gasteiger partial charge in [0.25, 0.3) is 5.69 Å². The minimum Gasteiger partial charge on any atom is -0.392 e. The summed E-state index contributed by atoms with van der Waals surface area (Å²) in [6.45, 7) is 2.07. The highest BCUT2D eigenvalue weighted by Gasteiger charge is 2.05. The molecule has 2 aromatic rings. The molecule has 0 aliphatic carbocycles. The summed E-state index contributed by atoms with van der Waals surface area (Å²) in [5, 5.41) is 26.4. The number of nitro groups is 1. The third-order valence-electron chi connectivity index (χ3n) is 3.29. The second kappa shape index (κ2) is 8.11. The Labute approximate surface area is 128 Å². The Morgan fingerprint density at radius 1 is 1.05 bits per heavy atom. The lowest BCUT2D eigenvalue weighted by molar-refractivity contribution is -0.384. The number of aliphatic hydroxyl groups excluding tert-OH is 1. The highest BCUT2D eigenvalue weighted by atomic mass is 16.6. The van der Waals surface area contributed by atoms with Crippen molar-refractivity contribution in [2.24, 2.45) is 0 Å². The van der Waals surface area contributed by atoms with E-state index in [2.05, 4.69) is 10.6 Å². The topological polar surface area (TPSA) is 87.4 Å². The Kier molecular flexibility index (Phi) is 5.88. The number of nitrogens with one attached hydrogen (secondary N) is 2. The molecule has 0 aromatic heterocycles. The summed E-state index contributed by atoms with van der Waals surface area (Å²) < 4.78 is 0. The van der Waals surface area contributed by atoms with Crippen molar-refractivity contribution in [1.82, 2.24) is 5.32 Å². The number of aliphatic hydroxyl groups is 1. The summed E-state index contributed by atoms with van der Waals surface area (Å²) in [7, 11) is 0. The van der Waals surface area contributed by atoms with Crippen LogP contribution in [0.25, 0.3) is 0 Å². The number of nitro benzene ring substituents is 1. The van der Waals surface area contributed by atoms with Gasteiger partial charge in [0, 0.05) is 37.5 Å². The molecule has 2 rings (SSSR count). The van der Waals surface area contributed by atoms with E-state index in [-0.39, 0.29) is 12.3 Å². The molecule has 0 saturated heterocycles. The fourth-order valence-corrected chi connectivity index (χ4v) is 2.13. The summed E-state index contributed by atoms with van der Waals surface area (Å²) >= 11 is 0. The zero-order chi connectivity index (χ0) is 15.8. The van der Waals surface area contributed by atoms with Crippen LogP contribution in [0.2, 0.25) is 0 Å². The van der Waals surface area contributed by atoms with E-state index in [1.54, 1.807) is 12.1 Å². The Morgan fingerprint density at radius 3 is 2.55 bits per heavy atom. The van der Waals surface area contributed by atoms with Gasteiger partial charge in [-0.2, -0.15) is 0 Å². The predicted molar refractivity (Wildman–Crippen MR) is 85.7 cm³/mol. The van der Waals surface area contributed by atoms with Crippen LogP contribution in [0.1, 0.15) is 11.1 Å². The fourth-order valence-electron chi connectivity index (χ4n) is 2.13. The molecule has 22 heavy (non-hydrogen) atoms. The summed E-state index contributed by atoms with van der Waals surface area (Å²) in [5.74, 6) is 0. The molecule has 116 valence electrons. The third kappa shape index (κ3) is 4.54. The molecule has 0 saturated carbocycles. The van der Waals surface area contributed by atoms with Crippen LogP contribution >= 0.6 is 0 Å². The largest absolute Gasteiger partial charge is 0.392 e. The zero-order valence-corrected chi connectivity index (χ0v) is 12.2. The summed E-state index contributed by atoms with van der Waals surface area (Å²) in [6, 6.07) is 14.2. The molecule has 0 spiro atoms. The van der Waals surface area contributed by atoms with Crippen LogP contribution in [0.3, 0.4) is 0 Å². The van der Waals surface area contributed by atoms with Gasteiger partial charge < -0.3 is 15.7 Å². The SMILES string of the molecule is O=[N+]([O-])c1cccc(NCCNCc2ccccc2CO)c1. The minimum absolute atomic E-state index is 0.0315. The second-order valence-electron chi connectivity index (χ2n) is 4.84. The van der Waals surface area contributed by atoms with Crippen LogP contribution in [0.5, 0.6) is 0 Å². The van der Waals surface area contributed by atoms with Crippen molar-refractivity contribution in [3.63, 3.8) is 0 Å². The van der Waals surface area contributed by atoms with E-state index in [9.17, 15) is 15.2 Å². The lowest BCUT2D eigenvalue weighted by Gasteiger charge is -2.10. The zero-order valence-electron chi connectivity index (χ0n) is 12.2. The van der Waals surface area contributed by atoms with Crippen LogP contribution < -0.4 is 10.6 Å². The Balaban J connectivity index is 1.75. The number of hydrogen-bond acceptors (Lipinski definition) is 5. The maximum Gasteiger partial charge on any atom is 0.271 e. The van der Waals surface area contributed by atoms with Crippen LogP contribution in [-0.4, -0.2) is 23.1 Å². The molecule has 6 heteroatoms. The number of nitrogens with zero attached hydrogens (tertiary/aromatic N) is 1. The van der Waals surface area contributed by atoms with Crippen molar-refractivity contribution in [1.29, 1.82) is 0 Å². The molecule has 0 atom stereocenters. The highest BCUT2D eigenvalue weighted by molar-refractivity contribution is 5.50. The van der Waals surface area contributed by atoms with E-state index in [0.717, 1.165) is 16.8 Å². The summed E-state index contributed by atoms with van der Waals surface area (Å²) in [4.78, 5) is 10.3. The van der Waals surface area contributed by atoms with Gasteiger partial charge in [0.2, 0.25) is 0 Å². The lowest BCUT2D eigenvalue weighted by atomic mass is 10.1. The molecular weight excluding hydrogens is 282 g/mol. The number of non-ortho nitro benzene ring substituents is 1. The van der Waals surface area contributed by atoms with Crippen molar-refractivity contribution in [3.8, 4) is 0 Å². The standard InChI is InChI=1S/C16H19N3O3/c20-12-14-5-2-1-4-13(14)11-17-8-9-18-15-6-3-7-16(10-15)19(21)22/h1-7,10,17-18,20H,8-9,11-12H2. The molecule has 3 N–H and O–H groups in total. The first-order valence-corrected chi connectivity index (χ1v) is 7.07. The van der Waals surface area contributed by atoms with Crippen molar-refractivity contribution in [2.75, 3.05) is 18.4 Å². The molecule has 0 aliphatic rings. The smallest absolute Gasteiger partial charge is 0.271 e. The lowest BCUT2D eigenvalue weighted by Crippen LogP contribution is -2.22. The normalized spacial score (nSPS) is 10.4. The van der Waals surface area contributed by atoms with Gasteiger partial charge >= 0.3 is 0 Å². The van der Waals surface area contributed by atoms with E-state index in [1.165, 1.54) is 12.1 Å². The van der Waals surface area contributed by atoms with E-state index in [4.69, 9.17) is 0 Å². The molecule has 0 unspecified atom stereocenters. The van der Waals surface area contributed by atoms with Gasteiger partial charge in [0.05, 0.1) is 11.5 Å². The highest BCUT2D eigenvalue weighted by Crippen LogP contribution is 2.16. The number of anilines is 1. The first-order chi connectivity index (χ1) is 10.7. The van der Waals surface area contributed by atoms with E-state index < -0.39 is 4.92 Å². The van der Waals surface area contributed by atoms with E-state index >= 15 is 0 Å². The number of benzene rings is 2. The molecule has 0 fully saturated rings. The Morgan fingerprint density at radius 2 is 1.82 bits per heavy atom. The van der Waals surface area contributed by atoms with Crippen molar-refractivity contribution < 1.29 is 10.0 Å².